The maximum absolute atomic E-state index is 12.6. The summed E-state index contributed by atoms with van der Waals surface area (Å²) in [5, 5.41) is 3.62. The van der Waals surface area contributed by atoms with E-state index in [0.717, 1.165) is 11.0 Å². The van der Waals surface area contributed by atoms with Crippen molar-refractivity contribution in [3.63, 3.8) is 0 Å². The molecular weight excluding hydrogens is 416 g/mol. The van der Waals surface area contributed by atoms with Gasteiger partial charge in [-0.25, -0.2) is 8.42 Å². The second-order valence-electron chi connectivity index (χ2n) is 7.12. The van der Waals surface area contributed by atoms with Crippen LogP contribution in [-0.2, 0) is 16.4 Å². The Bertz CT molecular complexity index is 1300. The van der Waals surface area contributed by atoms with E-state index in [4.69, 9.17) is 4.74 Å². The number of aromatic amines is 1. The molecule has 158 valence electrons. The molecule has 1 aromatic heterocycles. The molecule has 2 aromatic carbocycles. The van der Waals surface area contributed by atoms with Gasteiger partial charge < -0.3 is 15.0 Å². The van der Waals surface area contributed by atoms with Crippen LogP contribution in [0.4, 0.5) is 0 Å². The zero-order chi connectivity index (χ0) is 21.8. The van der Waals surface area contributed by atoms with E-state index in [1.54, 1.807) is 6.07 Å². The van der Waals surface area contributed by atoms with Crippen LogP contribution in [-0.4, -0.2) is 31.1 Å². The van der Waals surface area contributed by atoms with Gasteiger partial charge in [0.25, 0.3) is 11.5 Å². The lowest BCUT2D eigenvalue weighted by molar-refractivity contribution is 0.0946. The Hall–Kier alpha value is -3.65. The SMILES string of the molecule is O=C(N[C@@H]1C=CS(=O)(=O)C1)c1ccc(-c2ccccc2OCc2ccccc2)[nH]c1=O. The van der Waals surface area contributed by atoms with E-state index in [9.17, 15) is 18.0 Å². The van der Waals surface area contributed by atoms with Gasteiger partial charge in [-0.15, -0.1) is 0 Å². The number of nitrogens with one attached hydrogen (secondary N) is 2. The molecule has 31 heavy (non-hydrogen) atoms. The molecule has 2 heterocycles. The molecule has 1 amide bonds. The highest BCUT2D eigenvalue weighted by molar-refractivity contribution is 7.94. The minimum atomic E-state index is -3.30. The van der Waals surface area contributed by atoms with E-state index < -0.39 is 27.3 Å². The average Bonchev–Trinajstić information content (AvgIpc) is 3.11. The van der Waals surface area contributed by atoms with E-state index in [-0.39, 0.29) is 11.3 Å². The molecule has 0 bridgehead atoms. The van der Waals surface area contributed by atoms with Crippen molar-refractivity contribution in [1.82, 2.24) is 10.3 Å². The molecule has 0 unspecified atom stereocenters. The monoisotopic (exact) mass is 436 g/mol. The van der Waals surface area contributed by atoms with Gasteiger partial charge in [0.15, 0.2) is 9.84 Å². The highest BCUT2D eigenvalue weighted by Gasteiger charge is 2.24. The van der Waals surface area contributed by atoms with E-state index >= 15 is 0 Å². The average molecular weight is 436 g/mol. The predicted molar refractivity (Wildman–Crippen MR) is 117 cm³/mol. The summed E-state index contributed by atoms with van der Waals surface area (Å²) in [5.74, 6) is -0.241. The number of hydrogen-bond acceptors (Lipinski definition) is 5. The Kier molecular flexibility index (Phi) is 5.73. The molecule has 2 N–H and O–H groups in total. The van der Waals surface area contributed by atoms with Gasteiger partial charge in [0, 0.05) is 11.0 Å². The first-order valence-corrected chi connectivity index (χ1v) is 11.3. The molecular formula is C23H20N2O5S. The number of carbonyl (C=O) groups excluding carboxylic acids is 1. The van der Waals surface area contributed by atoms with E-state index in [1.807, 2.05) is 54.6 Å². The molecule has 7 nitrogen and oxygen atoms in total. The highest BCUT2D eigenvalue weighted by atomic mass is 32.2. The fraction of sp³-hybridized carbons (Fsp3) is 0.130. The van der Waals surface area contributed by atoms with Crippen LogP contribution in [0, 0.1) is 0 Å². The Labute approximate surface area is 179 Å². The Morgan fingerprint density at radius 3 is 2.48 bits per heavy atom. The van der Waals surface area contributed by atoms with Gasteiger partial charge in [-0.1, -0.05) is 42.5 Å². The smallest absolute Gasteiger partial charge is 0.261 e. The largest absolute Gasteiger partial charge is 0.488 e. The van der Waals surface area contributed by atoms with Crippen molar-refractivity contribution in [3.8, 4) is 17.0 Å². The summed E-state index contributed by atoms with van der Waals surface area (Å²) in [6.07, 6.45) is 1.40. The maximum atomic E-state index is 12.6. The molecule has 8 heteroatoms. The molecule has 0 radical (unpaired) electrons. The fourth-order valence-corrected chi connectivity index (χ4v) is 4.51. The summed E-state index contributed by atoms with van der Waals surface area (Å²) in [7, 11) is -3.30. The van der Waals surface area contributed by atoms with E-state index in [2.05, 4.69) is 10.3 Å². The van der Waals surface area contributed by atoms with Gasteiger partial charge in [-0.05, 0) is 35.9 Å². The Balaban J connectivity index is 1.52. The Morgan fingerprint density at radius 1 is 1.03 bits per heavy atom. The maximum Gasteiger partial charge on any atom is 0.261 e. The number of sulfone groups is 1. The standard InChI is InChI=1S/C23H20N2O5S/c26-22(24-17-12-13-31(28,29)15-17)19-10-11-20(25-23(19)27)18-8-4-5-9-21(18)30-14-16-6-2-1-3-7-16/h1-13,17H,14-15H2,(H,24,26)(H,25,27)/t17-/m1/s1. The summed E-state index contributed by atoms with van der Waals surface area (Å²) in [6.45, 7) is 0.375. The molecule has 0 aliphatic carbocycles. The first kappa shape index (κ1) is 20.6. The molecule has 0 saturated carbocycles. The second kappa shape index (κ2) is 8.61. The molecule has 0 fully saturated rings. The zero-order valence-corrected chi connectivity index (χ0v) is 17.3. The van der Waals surface area contributed by atoms with Crippen molar-refractivity contribution in [2.75, 3.05) is 5.75 Å². The molecule has 4 rings (SSSR count). The van der Waals surface area contributed by atoms with Crippen LogP contribution in [0.25, 0.3) is 11.3 Å². The van der Waals surface area contributed by atoms with Crippen LogP contribution >= 0.6 is 0 Å². The second-order valence-corrected chi connectivity index (χ2v) is 9.05. The number of para-hydroxylation sites is 1. The molecule has 3 aromatic rings. The number of pyridine rings is 1. The molecule has 1 aliphatic rings. The van der Waals surface area contributed by atoms with Gasteiger partial charge in [0.1, 0.15) is 17.9 Å². The molecule has 0 spiro atoms. The number of carbonyl (C=O) groups is 1. The lowest BCUT2D eigenvalue weighted by Crippen LogP contribution is -2.38. The van der Waals surface area contributed by atoms with Crippen molar-refractivity contribution in [2.24, 2.45) is 0 Å². The van der Waals surface area contributed by atoms with Gasteiger partial charge in [0.2, 0.25) is 0 Å². The van der Waals surface area contributed by atoms with Crippen molar-refractivity contribution in [1.29, 1.82) is 0 Å². The quantitative estimate of drug-likeness (QED) is 0.618. The summed E-state index contributed by atoms with van der Waals surface area (Å²) >= 11 is 0. The van der Waals surface area contributed by atoms with Crippen LogP contribution in [0.15, 0.2) is 83.0 Å². The third kappa shape index (κ3) is 4.92. The summed E-state index contributed by atoms with van der Waals surface area (Å²) in [6, 6.07) is 19.4. The van der Waals surface area contributed by atoms with Gasteiger partial charge in [-0.2, -0.15) is 0 Å². The molecule has 1 aliphatic heterocycles. The summed E-state index contributed by atoms with van der Waals surface area (Å²) in [4.78, 5) is 27.7. The van der Waals surface area contributed by atoms with Crippen molar-refractivity contribution < 1.29 is 17.9 Å². The Morgan fingerprint density at radius 2 is 1.77 bits per heavy atom. The number of hydrogen-bond donors (Lipinski definition) is 2. The van der Waals surface area contributed by atoms with Crippen LogP contribution < -0.4 is 15.6 Å². The third-order valence-electron chi connectivity index (χ3n) is 4.82. The van der Waals surface area contributed by atoms with E-state index in [0.29, 0.717) is 23.6 Å². The lowest BCUT2D eigenvalue weighted by atomic mass is 10.1. The van der Waals surface area contributed by atoms with Crippen molar-refractivity contribution >= 4 is 15.7 Å². The van der Waals surface area contributed by atoms with Gasteiger partial charge in [-0.3, -0.25) is 9.59 Å². The molecule has 0 saturated heterocycles. The van der Waals surface area contributed by atoms with Crippen LogP contribution in [0.5, 0.6) is 5.75 Å². The van der Waals surface area contributed by atoms with Gasteiger partial charge >= 0.3 is 0 Å². The number of ether oxygens (including phenoxy) is 1. The summed E-state index contributed by atoms with van der Waals surface area (Å²) < 4.78 is 28.9. The van der Waals surface area contributed by atoms with E-state index in [1.165, 1.54) is 12.1 Å². The predicted octanol–water partition coefficient (Wildman–Crippen LogP) is 2.66. The van der Waals surface area contributed by atoms with Gasteiger partial charge in [0.05, 0.1) is 17.5 Å². The van der Waals surface area contributed by atoms with Crippen LogP contribution in [0.2, 0.25) is 0 Å². The molecule has 1 atom stereocenters. The van der Waals surface area contributed by atoms with Crippen molar-refractivity contribution in [3.05, 3.63) is 99.7 Å². The first-order valence-electron chi connectivity index (χ1n) is 9.62. The first-order chi connectivity index (χ1) is 14.9. The number of rotatable bonds is 6. The van der Waals surface area contributed by atoms with Crippen LogP contribution in [0.3, 0.4) is 0 Å². The normalized spacial score (nSPS) is 16.7. The minimum Gasteiger partial charge on any atom is -0.488 e. The van der Waals surface area contributed by atoms with Crippen molar-refractivity contribution in [2.45, 2.75) is 12.6 Å². The number of H-pyrrole nitrogens is 1. The zero-order valence-electron chi connectivity index (χ0n) is 16.4. The van der Waals surface area contributed by atoms with Crippen LogP contribution in [0.1, 0.15) is 15.9 Å². The number of aromatic nitrogens is 1. The number of benzene rings is 2. The topological polar surface area (TPSA) is 105 Å². The minimum absolute atomic E-state index is 0.0934. The third-order valence-corrected chi connectivity index (χ3v) is 6.21. The number of amides is 1. The lowest BCUT2D eigenvalue weighted by Gasteiger charge is -2.13. The highest BCUT2D eigenvalue weighted by Crippen LogP contribution is 2.28. The fourth-order valence-electron chi connectivity index (χ4n) is 3.27. The summed E-state index contributed by atoms with van der Waals surface area (Å²) in [5.41, 5.74) is 1.54.